The van der Waals surface area contributed by atoms with Gasteiger partial charge in [0, 0.05) is 17.0 Å². The summed E-state index contributed by atoms with van der Waals surface area (Å²) in [4.78, 5) is 27.7. The number of aliphatic carboxylic acids is 1. The Hall–Kier alpha value is -2.41. The Morgan fingerprint density at radius 1 is 1.32 bits per heavy atom. The molecule has 0 bridgehead atoms. The third-order valence-corrected chi connectivity index (χ3v) is 5.16. The quantitative estimate of drug-likeness (QED) is 0.826. The molecule has 0 radical (unpaired) electrons. The lowest BCUT2D eigenvalue weighted by molar-refractivity contribution is -0.141. The molecule has 0 aliphatic heterocycles. The smallest absolute Gasteiger partial charge is 0.306 e. The molecule has 2 aromatic rings. The third-order valence-electron chi connectivity index (χ3n) is 4.27. The highest BCUT2D eigenvalue weighted by molar-refractivity contribution is 7.13. The van der Waals surface area contributed by atoms with Crippen LogP contribution in [0, 0.1) is 5.92 Å². The highest BCUT2D eigenvalue weighted by atomic mass is 32.1. The Morgan fingerprint density at radius 2 is 2.08 bits per heavy atom. The lowest BCUT2D eigenvalue weighted by atomic mass is 10.1. The zero-order chi connectivity index (χ0) is 17.8. The predicted octanol–water partition coefficient (Wildman–Crippen LogP) is 3.19. The average molecular weight is 360 g/mol. The van der Waals surface area contributed by atoms with E-state index in [0.717, 1.165) is 16.3 Å². The van der Waals surface area contributed by atoms with E-state index < -0.39 is 5.97 Å². The van der Waals surface area contributed by atoms with Gasteiger partial charge < -0.3 is 15.2 Å². The molecule has 1 amide bonds. The largest absolute Gasteiger partial charge is 0.494 e. The average Bonchev–Trinajstić information content (AvgIpc) is 3.25. The molecule has 6 nitrogen and oxygen atoms in total. The van der Waals surface area contributed by atoms with Crippen LogP contribution in [0.3, 0.4) is 0 Å². The molecule has 25 heavy (non-hydrogen) atoms. The van der Waals surface area contributed by atoms with Crippen molar-refractivity contribution in [3.63, 3.8) is 0 Å². The maximum absolute atomic E-state index is 12.3. The van der Waals surface area contributed by atoms with Gasteiger partial charge in [-0.1, -0.05) is 0 Å². The zero-order valence-electron chi connectivity index (χ0n) is 13.9. The van der Waals surface area contributed by atoms with Crippen LogP contribution in [0.2, 0.25) is 0 Å². The third kappa shape index (κ3) is 4.17. The van der Waals surface area contributed by atoms with Gasteiger partial charge in [0.2, 0.25) is 0 Å². The Morgan fingerprint density at radius 3 is 2.72 bits per heavy atom. The molecule has 1 aromatic carbocycles. The van der Waals surface area contributed by atoms with Crippen LogP contribution in [0.15, 0.2) is 29.6 Å². The molecule has 3 rings (SSSR count). The van der Waals surface area contributed by atoms with Crippen LogP contribution in [-0.4, -0.2) is 34.6 Å². The lowest BCUT2D eigenvalue weighted by Gasteiger charge is -2.10. The number of carboxylic acids is 1. The Balaban J connectivity index is 1.62. The second-order valence-corrected chi connectivity index (χ2v) is 6.87. The van der Waals surface area contributed by atoms with E-state index in [4.69, 9.17) is 9.84 Å². The number of carbonyl (C=O) groups excluding carboxylic acids is 1. The number of hydrogen-bond donors (Lipinski definition) is 2. The van der Waals surface area contributed by atoms with Gasteiger partial charge in [-0.05, 0) is 50.5 Å². The van der Waals surface area contributed by atoms with Crippen molar-refractivity contribution < 1.29 is 19.4 Å². The van der Waals surface area contributed by atoms with E-state index in [1.54, 1.807) is 5.38 Å². The molecule has 1 aliphatic carbocycles. The fourth-order valence-electron chi connectivity index (χ4n) is 2.97. The molecular weight excluding hydrogens is 340 g/mol. The number of nitrogens with one attached hydrogen (secondary N) is 1. The van der Waals surface area contributed by atoms with Crippen LogP contribution in [0.4, 0.5) is 0 Å². The van der Waals surface area contributed by atoms with Crippen LogP contribution < -0.4 is 10.1 Å². The van der Waals surface area contributed by atoms with E-state index in [2.05, 4.69) is 10.3 Å². The molecular formula is C18H20N2O4S. The summed E-state index contributed by atoms with van der Waals surface area (Å²) in [5.41, 5.74) is 1.30. The van der Waals surface area contributed by atoms with Crippen LogP contribution in [0.5, 0.6) is 5.75 Å². The first-order valence-corrected chi connectivity index (χ1v) is 9.17. The van der Waals surface area contributed by atoms with Crippen molar-refractivity contribution in [3.8, 4) is 16.3 Å². The minimum Gasteiger partial charge on any atom is -0.494 e. The standard InChI is InChI=1S/C18H20N2O4S/c1-2-24-14-7-4-11(5-8-14)17-20-15(10-25-17)16(21)19-13-6-3-12(9-13)18(22)23/h4-5,7-8,10,12-13H,2-3,6,9H2,1H3,(H,19,21)(H,22,23)/t12-,13+/m1/s1. The second kappa shape index (κ2) is 7.65. The Labute approximate surface area is 149 Å². The number of nitrogens with zero attached hydrogens (tertiary/aromatic N) is 1. The molecule has 7 heteroatoms. The number of hydrogen-bond acceptors (Lipinski definition) is 5. The number of aromatic nitrogens is 1. The highest BCUT2D eigenvalue weighted by Gasteiger charge is 2.31. The molecule has 0 spiro atoms. The Kier molecular flexibility index (Phi) is 5.33. The van der Waals surface area contributed by atoms with Gasteiger partial charge in [0.1, 0.15) is 16.5 Å². The second-order valence-electron chi connectivity index (χ2n) is 6.01. The van der Waals surface area contributed by atoms with E-state index >= 15 is 0 Å². The first-order valence-electron chi connectivity index (χ1n) is 8.29. The van der Waals surface area contributed by atoms with E-state index in [1.807, 2.05) is 31.2 Å². The number of rotatable bonds is 6. The normalized spacial score (nSPS) is 19.6. The van der Waals surface area contributed by atoms with Crippen molar-refractivity contribution in [2.24, 2.45) is 5.92 Å². The number of carboxylic acid groups (broad SMARTS) is 1. The number of carbonyl (C=O) groups is 2. The molecule has 0 unspecified atom stereocenters. The fourth-order valence-corrected chi connectivity index (χ4v) is 3.77. The van der Waals surface area contributed by atoms with E-state index in [0.29, 0.717) is 31.6 Å². The first kappa shape index (κ1) is 17.4. The van der Waals surface area contributed by atoms with Crippen molar-refractivity contribution in [1.82, 2.24) is 10.3 Å². The van der Waals surface area contributed by atoms with Crippen molar-refractivity contribution in [2.45, 2.75) is 32.2 Å². The fraction of sp³-hybridized carbons (Fsp3) is 0.389. The van der Waals surface area contributed by atoms with Gasteiger partial charge in [-0.3, -0.25) is 9.59 Å². The number of thiazole rings is 1. The first-order chi connectivity index (χ1) is 12.1. The molecule has 2 N–H and O–H groups in total. The molecule has 1 saturated carbocycles. The SMILES string of the molecule is CCOc1ccc(-c2nc(C(=O)N[C@H]3CC[C@@H](C(=O)O)C3)cs2)cc1. The molecule has 1 aromatic heterocycles. The summed E-state index contributed by atoms with van der Waals surface area (Å²) in [6.07, 6.45) is 1.78. The minimum absolute atomic E-state index is 0.0933. The Bertz CT molecular complexity index is 757. The van der Waals surface area contributed by atoms with Crippen LogP contribution in [-0.2, 0) is 4.79 Å². The van der Waals surface area contributed by atoms with Crippen molar-refractivity contribution in [1.29, 1.82) is 0 Å². The summed E-state index contributed by atoms with van der Waals surface area (Å²) in [6, 6.07) is 7.50. The van der Waals surface area contributed by atoms with Crippen molar-refractivity contribution >= 4 is 23.2 Å². The van der Waals surface area contributed by atoms with Crippen molar-refractivity contribution in [3.05, 3.63) is 35.3 Å². The van der Waals surface area contributed by atoms with Crippen LogP contribution >= 0.6 is 11.3 Å². The number of benzene rings is 1. The maximum atomic E-state index is 12.3. The molecule has 2 atom stereocenters. The van der Waals surface area contributed by atoms with Gasteiger partial charge in [-0.2, -0.15) is 0 Å². The molecule has 132 valence electrons. The van der Waals surface area contributed by atoms with E-state index in [-0.39, 0.29) is 17.9 Å². The molecule has 0 saturated heterocycles. The summed E-state index contributed by atoms with van der Waals surface area (Å²) in [5, 5.41) is 14.4. The van der Waals surface area contributed by atoms with Crippen molar-refractivity contribution in [2.75, 3.05) is 6.61 Å². The van der Waals surface area contributed by atoms with Crippen LogP contribution in [0.25, 0.3) is 10.6 Å². The van der Waals surface area contributed by atoms with Gasteiger partial charge in [0.05, 0.1) is 12.5 Å². The molecule has 1 heterocycles. The predicted molar refractivity (Wildman–Crippen MR) is 95.0 cm³/mol. The summed E-state index contributed by atoms with van der Waals surface area (Å²) in [6.45, 7) is 2.55. The van der Waals surface area contributed by atoms with E-state index in [9.17, 15) is 9.59 Å². The molecule has 1 fully saturated rings. The summed E-state index contributed by atoms with van der Waals surface area (Å²) in [7, 11) is 0. The number of ether oxygens (including phenoxy) is 1. The highest BCUT2D eigenvalue weighted by Crippen LogP contribution is 2.28. The summed E-state index contributed by atoms with van der Waals surface area (Å²) < 4.78 is 5.42. The van der Waals surface area contributed by atoms with Gasteiger partial charge in [0.15, 0.2) is 0 Å². The summed E-state index contributed by atoms with van der Waals surface area (Å²) in [5.74, 6) is -0.595. The monoisotopic (exact) mass is 360 g/mol. The van der Waals surface area contributed by atoms with E-state index in [1.165, 1.54) is 11.3 Å². The molecule has 1 aliphatic rings. The topological polar surface area (TPSA) is 88.5 Å². The van der Waals surface area contributed by atoms with Gasteiger partial charge in [-0.15, -0.1) is 11.3 Å². The van der Waals surface area contributed by atoms with Gasteiger partial charge in [-0.25, -0.2) is 4.98 Å². The number of amides is 1. The van der Waals surface area contributed by atoms with Gasteiger partial charge in [0.25, 0.3) is 5.91 Å². The van der Waals surface area contributed by atoms with Gasteiger partial charge >= 0.3 is 5.97 Å². The maximum Gasteiger partial charge on any atom is 0.306 e. The zero-order valence-corrected chi connectivity index (χ0v) is 14.7. The lowest BCUT2D eigenvalue weighted by Crippen LogP contribution is -2.33. The van der Waals surface area contributed by atoms with Crippen LogP contribution in [0.1, 0.15) is 36.7 Å². The minimum atomic E-state index is -0.789. The summed E-state index contributed by atoms with van der Waals surface area (Å²) >= 11 is 1.41.